The maximum atomic E-state index is 13.4. The number of hydrogen-bond donors (Lipinski definition) is 1. The number of benzene rings is 1. The van der Waals surface area contributed by atoms with E-state index in [0.717, 1.165) is 42.6 Å². The molecule has 3 aromatic rings. The number of hydrogen-bond acceptors (Lipinski definition) is 4. The molecule has 8 heteroatoms. The maximum absolute atomic E-state index is 13.4. The number of aromatic nitrogens is 2. The molecule has 1 N–H and O–H groups in total. The predicted octanol–water partition coefficient (Wildman–Crippen LogP) is 3.52. The molecule has 0 unspecified atom stereocenters. The number of likely N-dealkylation sites (tertiary alicyclic amines) is 1. The van der Waals surface area contributed by atoms with Crippen molar-refractivity contribution in [2.45, 2.75) is 44.6 Å². The molecule has 166 valence electrons. The fourth-order valence-corrected chi connectivity index (χ4v) is 4.61. The molecule has 2 aromatic heterocycles. The first-order chi connectivity index (χ1) is 15.6. The number of nitrogens with zero attached hydrogens (tertiary/aromatic N) is 3. The summed E-state index contributed by atoms with van der Waals surface area (Å²) in [4.78, 5) is 27.3. The average Bonchev–Trinajstić information content (AvgIpc) is 3.48. The van der Waals surface area contributed by atoms with E-state index in [4.69, 9.17) is 4.42 Å². The van der Waals surface area contributed by atoms with E-state index in [9.17, 15) is 14.0 Å². The van der Waals surface area contributed by atoms with Crippen molar-refractivity contribution in [3.8, 4) is 5.69 Å². The molecule has 0 radical (unpaired) electrons. The summed E-state index contributed by atoms with van der Waals surface area (Å²) in [5.41, 5.74) is 3.24. The Morgan fingerprint density at radius 1 is 1.06 bits per heavy atom. The van der Waals surface area contributed by atoms with Crippen molar-refractivity contribution in [1.29, 1.82) is 0 Å². The zero-order chi connectivity index (χ0) is 22.1. The molecule has 1 aliphatic heterocycles. The topological polar surface area (TPSA) is 80.4 Å². The van der Waals surface area contributed by atoms with E-state index in [1.54, 1.807) is 33.8 Å². The van der Waals surface area contributed by atoms with E-state index in [0.29, 0.717) is 37.4 Å². The van der Waals surface area contributed by atoms with Gasteiger partial charge < -0.3 is 14.6 Å². The number of carbonyl (C=O) groups excluding carboxylic acids is 2. The highest BCUT2D eigenvalue weighted by molar-refractivity contribution is 5.94. The molecule has 1 fully saturated rings. The van der Waals surface area contributed by atoms with Crippen LogP contribution in [0.1, 0.15) is 58.0 Å². The minimum absolute atomic E-state index is 0.0154. The highest BCUT2D eigenvalue weighted by Gasteiger charge is 2.29. The van der Waals surface area contributed by atoms with Crippen molar-refractivity contribution in [3.05, 3.63) is 71.2 Å². The van der Waals surface area contributed by atoms with Crippen LogP contribution in [0.15, 0.2) is 47.1 Å². The standard InChI is InChI=1S/C24H25FN4O3/c25-16-7-9-18(10-8-16)29-20-5-2-1-4-19(20)22(27-29)23(30)26-17-11-13-28(14-12-17)24(31)21-6-3-15-32-21/h3,6-10,15,17H,1-2,4-5,11-14H2,(H,26,30). The third kappa shape index (κ3) is 3.92. The zero-order valence-electron chi connectivity index (χ0n) is 17.7. The van der Waals surface area contributed by atoms with E-state index >= 15 is 0 Å². The van der Waals surface area contributed by atoms with Crippen molar-refractivity contribution in [2.75, 3.05) is 13.1 Å². The monoisotopic (exact) mass is 436 g/mol. The molecule has 1 saturated heterocycles. The van der Waals surface area contributed by atoms with Gasteiger partial charge in [-0.05, 0) is 74.9 Å². The van der Waals surface area contributed by atoms with Gasteiger partial charge in [-0.3, -0.25) is 9.59 Å². The molecule has 0 saturated carbocycles. The molecule has 2 aliphatic rings. The number of rotatable bonds is 4. The Balaban J connectivity index is 1.29. The van der Waals surface area contributed by atoms with Crippen molar-refractivity contribution in [2.24, 2.45) is 0 Å². The molecule has 0 spiro atoms. The van der Waals surface area contributed by atoms with Gasteiger partial charge in [0.15, 0.2) is 11.5 Å². The van der Waals surface area contributed by atoms with Gasteiger partial charge >= 0.3 is 0 Å². The Bertz CT molecular complexity index is 1110. The minimum atomic E-state index is -0.301. The van der Waals surface area contributed by atoms with Gasteiger partial charge in [0.05, 0.1) is 12.0 Å². The van der Waals surface area contributed by atoms with Crippen LogP contribution in [0.2, 0.25) is 0 Å². The van der Waals surface area contributed by atoms with Gasteiger partial charge in [0.25, 0.3) is 11.8 Å². The van der Waals surface area contributed by atoms with Crippen molar-refractivity contribution in [1.82, 2.24) is 20.0 Å². The summed E-state index contributed by atoms with van der Waals surface area (Å²) in [5.74, 6) is -0.262. The normalized spacial score (nSPS) is 16.6. The number of furan rings is 1. The van der Waals surface area contributed by atoms with Crippen molar-refractivity contribution >= 4 is 11.8 Å². The third-order valence-electron chi connectivity index (χ3n) is 6.32. The van der Waals surface area contributed by atoms with E-state index in [2.05, 4.69) is 10.4 Å². The minimum Gasteiger partial charge on any atom is -0.459 e. The largest absolute Gasteiger partial charge is 0.459 e. The molecule has 3 heterocycles. The number of piperidine rings is 1. The van der Waals surface area contributed by atoms with Crippen LogP contribution in [0.25, 0.3) is 5.69 Å². The molecule has 0 bridgehead atoms. The molecule has 1 aliphatic carbocycles. The molecule has 2 amide bonds. The first kappa shape index (κ1) is 20.5. The van der Waals surface area contributed by atoms with E-state index in [-0.39, 0.29) is 23.7 Å². The Morgan fingerprint density at radius 2 is 1.81 bits per heavy atom. The van der Waals surface area contributed by atoms with Crippen LogP contribution in [0.3, 0.4) is 0 Å². The van der Waals surface area contributed by atoms with Crippen LogP contribution in [0.4, 0.5) is 4.39 Å². The van der Waals surface area contributed by atoms with E-state index in [1.807, 2.05) is 0 Å². The summed E-state index contributed by atoms with van der Waals surface area (Å²) >= 11 is 0. The fourth-order valence-electron chi connectivity index (χ4n) is 4.61. The maximum Gasteiger partial charge on any atom is 0.289 e. The summed E-state index contributed by atoms with van der Waals surface area (Å²) in [6.07, 6.45) is 6.58. The van der Waals surface area contributed by atoms with Crippen LogP contribution in [-0.2, 0) is 12.8 Å². The number of nitrogens with one attached hydrogen (secondary N) is 1. The Kier molecular flexibility index (Phi) is 5.51. The second-order valence-corrected chi connectivity index (χ2v) is 8.39. The zero-order valence-corrected chi connectivity index (χ0v) is 17.7. The molecule has 7 nitrogen and oxygen atoms in total. The van der Waals surface area contributed by atoms with Gasteiger partial charge in [-0.15, -0.1) is 0 Å². The van der Waals surface area contributed by atoms with E-state index in [1.165, 1.54) is 18.4 Å². The summed E-state index contributed by atoms with van der Waals surface area (Å²) in [7, 11) is 0. The lowest BCUT2D eigenvalue weighted by atomic mass is 9.95. The lowest BCUT2D eigenvalue weighted by Gasteiger charge is -2.31. The van der Waals surface area contributed by atoms with Gasteiger partial charge in [0.1, 0.15) is 5.82 Å². The first-order valence-corrected chi connectivity index (χ1v) is 11.1. The number of carbonyl (C=O) groups is 2. The van der Waals surface area contributed by atoms with Crippen LogP contribution >= 0.6 is 0 Å². The second kappa shape index (κ2) is 8.61. The van der Waals surface area contributed by atoms with Crippen molar-refractivity contribution in [3.63, 3.8) is 0 Å². The quantitative estimate of drug-likeness (QED) is 0.679. The lowest BCUT2D eigenvalue weighted by Crippen LogP contribution is -2.46. The molecule has 5 rings (SSSR count). The average molecular weight is 436 g/mol. The van der Waals surface area contributed by atoms with Crippen LogP contribution in [0, 0.1) is 5.82 Å². The van der Waals surface area contributed by atoms with Gasteiger partial charge in [-0.2, -0.15) is 5.10 Å². The Labute approximate surface area is 185 Å². The first-order valence-electron chi connectivity index (χ1n) is 11.1. The predicted molar refractivity (Wildman–Crippen MR) is 115 cm³/mol. The summed E-state index contributed by atoms with van der Waals surface area (Å²) in [6, 6.07) is 9.53. The molecular weight excluding hydrogens is 411 g/mol. The highest BCUT2D eigenvalue weighted by Crippen LogP contribution is 2.27. The number of fused-ring (bicyclic) bond motifs is 1. The number of amides is 2. The molecule has 1 aromatic carbocycles. The van der Waals surface area contributed by atoms with E-state index < -0.39 is 0 Å². The molecular formula is C24H25FN4O3. The molecule has 32 heavy (non-hydrogen) atoms. The van der Waals surface area contributed by atoms with Crippen LogP contribution in [-0.4, -0.2) is 45.6 Å². The Hall–Kier alpha value is -3.42. The Morgan fingerprint density at radius 3 is 2.53 bits per heavy atom. The van der Waals surface area contributed by atoms with Crippen LogP contribution in [0.5, 0.6) is 0 Å². The summed E-state index contributed by atoms with van der Waals surface area (Å²) in [6.45, 7) is 1.12. The summed E-state index contributed by atoms with van der Waals surface area (Å²) in [5, 5.41) is 7.76. The van der Waals surface area contributed by atoms with Gasteiger partial charge in [-0.1, -0.05) is 0 Å². The highest BCUT2D eigenvalue weighted by atomic mass is 19.1. The lowest BCUT2D eigenvalue weighted by molar-refractivity contribution is 0.0667. The molecule has 0 atom stereocenters. The smallest absolute Gasteiger partial charge is 0.289 e. The van der Waals surface area contributed by atoms with Crippen LogP contribution < -0.4 is 5.32 Å². The van der Waals surface area contributed by atoms with Gasteiger partial charge in [0.2, 0.25) is 0 Å². The van der Waals surface area contributed by atoms with Gasteiger partial charge in [0, 0.05) is 30.4 Å². The van der Waals surface area contributed by atoms with Crippen molar-refractivity contribution < 1.29 is 18.4 Å². The fraction of sp³-hybridized carbons (Fsp3) is 0.375. The number of halogens is 1. The second-order valence-electron chi connectivity index (χ2n) is 8.39. The van der Waals surface area contributed by atoms with Gasteiger partial charge in [-0.25, -0.2) is 9.07 Å². The SMILES string of the molecule is O=C(NC1CCN(C(=O)c2ccco2)CC1)c1nn(-c2ccc(F)cc2)c2c1CCCC2. The summed E-state index contributed by atoms with van der Waals surface area (Å²) < 4.78 is 20.4. The third-order valence-corrected chi connectivity index (χ3v) is 6.32.